The molecule has 0 aliphatic rings. The van der Waals surface area contributed by atoms with Crippen LogP contribution in [0, 0.1) is 5.82 Å². The van der Waals surface area contributed by atoms with E-state index in [1.54, 1.807) is 6.92 Å². The molecule has 1 heterocycles. The van der Waals surface area contributed by atoms with Crippen LogP contribution in [0.2, 0.25) is 0 Å². The zero-order chi connectivity index (χ0) is 14.5. The van der Waals surface area contributed by atoms with Crippen molar-refractivity contribution in [1.29, 1.82) is 0 Å². The number of nitrogens with two attached hydrogens (primary N) is 1. The van der Waals surface area contributed by atoms with Gasteiger partial charge in [-0.15, -0.1) is 0 Å². The molecule has 5 nitrogen and oxygen atoms in total. The summed E-state index contributed by atoms with van der Waals surface area (Å²) >= 11 is 0. The molecule has 0 aliphatic heterocycles. The Morgan fingerprint density at radius 3 is 2.80 bits per heavy atom. The van der Waals surface area contributed by atoms with Gasteiger partial charge >= 0.3 is 5.97 Å². The summed E-state index contributed by atoms with van der Waals surface area (Å²) in [7, 11) is 0. The number of carbonyl (C=O) groups is 1. The van der Waals surface area contributed by atoms with Crippen molar-refractivity contribution in [3.63, 3.8) is 0 Å². The average Bonchev–Trinajstić information content (AvgIpc) is 2.44. The number of ether oxygens (including phenoxy) is 2. The van der Waals surface area contributed by atoms with Crippen molar-refractivity contribution in [2.24, 2.45) is 0 Å². The fraction of sp³-hybridized carbons (Fsp3) is 0.143. The third kappa shape index (κ3) is 3.23. The number of carbonyl (C=O) groups excluding carboxylic acids is 1. The third-order valence-corrected chi connectivity index (χ3v) is 2.44. The second kappa shape index (κ2) is 6.01. The summed E-state index contributed by atoms with van der Waals surface area (Å²) in [6.07, 6.45) is 1.32. The lowest BCUT2D eigenvalue weighted by molar-refractivity contribution is 0.0526. The van der Waals surface area contributed by atoms with Crippen molar-refractivity contribution in [2.75, 3.05) is 12.3 Å². The summed E-state index contributed by atoms with van der Waals surface area (Å²) in [4.78, 5) is 15.4. The normalized spacial score (nSPS) is 10.1. The molecule has 1 aromatic carbocycles. The first kappa shape index (κ1) is 13.8. The molecule has 0 aliphatic carbocycles. The number of hydrogen-bond donors (Lipinski definition) is 1. The molecule has 0 amide bonds. The van der Waals surface area contributed by atoms with Crippen molar-refractivity contribution >= 4 is 11.7 Å². The van der Waals surface area contributed by atoms with Crippen LogP contribution in [0.25, 0.3) is 0 Å². The van der Waals surface area contributed by atoms with Crippen LogP contribution < -0.4 is 10.5 Å². The van der Waals surface area contributed by atoms with E-state index in [4.69, 9.17) is 15.2 Å². The highest BCUT2D eigenvalue weighted by Gasteiger charge is 2.09. The third-order valence-electron chi connectivity index (χ3n) is 2.44. The Labute approximate surface area is 115 Å². The van der Waals surface area contributed by atoms with Gasteiger partial charge in [0.1, 0.15) is 5.82 Å². The van der Waals surface area contributed by atoms with Crippen LogP contribution in [0.3, 0.4) is 0 Å². The Balaban J connectivity index is 2.14. The predicted octanol–water partition coefficient (Wildman–Crippen LogP) is 2.77. The highest BCUT2D eigenvalue weighted by molar-refractivity contribution is 5.89. The first-order chi connectivity index (χ1) is 9.60. The summed E-state index contributed by atoms with van der Waals surface area (Å²) in [6, 6.07) is 6.79. The van der Waals surface area contributed by atoms with Crippen LogP contribution in [0.4, 0.5) is 10.1 Å². The number of benzene rings is 1. The highest BCUT2D eigenvalue weighted by atomic mass is 19.1. The van der Waals surface area contributed by atoms with Gasteiger partial charge in [0.15, 0.2) is 5.75 Å². The quantitative estimate of drug-likeness (QED) is 0.686. The zero-order valence-electron chi connectivity index (χ0n) is 10.8. The molecule has 0 saturated carbocycles. The second-order valence-corrected chi connectivity index (χ2v) is 3.89. The maximum Gasteiger partial charge on any atom is 0.339 e. The molecule has 0 bridgehead atoms. The van der Waals surface area contributed by atoms with E-state index < -0.39 is 11.8 Å². The molecule has 104 valence electrons. The Hall–Kier alpha value is -2.63. The number of nitrogens with zero attached hydrogens (tertiary/aromatic N) is 1. The van der Waals surface area contributed by atoms with Gasteiger partial charge in [-0.1, -0.05) is 0 Å². The Bertz CT molecular complexity index is 614. The molecule has 0 spiro atoms. The number of pyridine rings is 1. The summed E-state index contributed by atoms with van der Waals surface area (Å²) < 4.78 is 23.3. The van der Waals surface area contributed by atoms with Gasteiger partial charge < -0.3 is 15.2 Å². The highest BCUT2D eigenvalue weighted by Crippen LogP contribution is 2.26. The van der Waals surface area contributed by atoms with Crippen molar-refractivity contribution in [3.05, 3.63) is 47.9 Å². The van der Waals surface area contributed by atoms with Crippen molar-refractivity contribution < 1.29 is 18.7 Å². The van der Waals surface area contributed by atoms with Crippen LogP contribution >= 0.6 is 0 Å². The van der Waals surface area contributed by atoms with E-state index in [0.717, 1.165) is 6.07 Å². The molecule has 0 radical (unpaired) electrons. The largest absolute Gasteiger partial charge is 0.462 e. The van der Waals surface area contributed by atoms with Gasteiger partial charge in [0.2, 0.25) is 5.88 Å². The monoisotopic (exact) mass is 276 g/mol. The van der Waals surface area contributed by atoms with Gasteiger partial charge in [-0.3, -0.25) is 0 Å². The molecule has 0 fully saturated rings. The smallest absolute Gasteiger partial charge is 0.339 e. The van der Waals surface area contributed by atoms with Crippen LogP contribution in [-0.4, -0.2) is 17.6 Å². The van der Waals surface area contributed by atoms with Crippen LogP contribution in [0.1, 0.15) is 17.3 Å². The maximum absolute atomic E-state index is 13.1. The van der Waals surface area contributed by atoms with Crippen LogP contribution in [0.15, 0.2) is 36.5 Å². The van der Waals surface area contributed by atoms with Gasteiger partial charge in [0.05, 0.1) is 17.9 Å². The van der Waals surface area contributed by atoms with Crippen molar-refractivity contribution in [3.8, 4) is 11.6 Å². The number of anilines is 1. The molecular weight excluding hydrogens is 263 g/mol. The molecule has 0 atom stereocenters. The number of hydrogen-bond acceptors (Lipinski definition) is 5. The maximum atomic E-state index is 13.1. The molecular formula is C14H13FN2O3. The average molecular weight is 276 g/mol. The Kier molecular flexibility index (Phi) is 4.14. The lowest BCUT2D eigenvalue weighted by Crippen LogP contribution is -2.05. The number of halogens is 1. The summed E-state index contributed by atoms with van der Waals surface area (Å²) in [5.41, 5.74) is 6.27. The van der Waals surface area contributed by atoms with E-state index >= 15 is 0 Å². The molecule has 2 N–H and O–H groups in total. The Morgan fingerprint density at radius 2 is 2.15 bits per heavy atom. The first-order valence-corrected chi connectivity index (χ1v) is 5.96. The van der Waals surface area contributed by atoms with Gasteiger partial charge in [-0.25, -0.2) is 14.2 Å². The zero-order valence-corrected chi connectivity index (χ0v) is 10.8. The van der Waals surface area contributed by atoms with Crippen LogP contribution in [0.5, 0.6) is 11.6 Å². The van der Waals surface area contributed by atoms with Gasteiger partial charge in [-0.05, 0) is 25.1 Å². The number of esters is 1. The fourth-order valence-corrected chi connectivity index (χ4v) is 1.49. The van der Waals surface area contributed by atoms with E-state index in [9.17, 15) is 9.18 Å². The number of nitrogen functional groups attached to an aromatic ring is 1. The van der Waals surface area contributed by atoms with E-state index in [1.807, 2.05) is 0 Å². The van der Waals surface area contributed by atoms with Gasteiger partial charge in [0.25, 0.3) is 0 Å². The van der Waals surface area contributed by atoms with Crippen molar-refractivity contribution in [2.45, 2.75) is 6.92 Å². The number of aromatic nitrogens is 1. The Morgan fingerprint density at radius 1 is 1.35 bits per heavy atom. The van der Waals surface area contributed by atoms with E-state index in [1.165, 1.54) is 30.5 Å². The molecule has 1 aromatic heterocycles. The minimum absolute atomic E-state index is 0.168. The minimum atomic E-state index is -0.461. The van der Waals surface area contributed by atoms with Crippen molar-refractivity contribution in [1.82, 2.24) is 4.98 Å². The summed E-state index contributed by atoms with van der Waals surface area (Å²) in [5, 5.41) is 0. The standard InChI is InChI=1S/C14H13FN2O3/c1-2-19-14(18)9-3-6-13(17-8-9)20-12-7-10(15)4-5-11(12)16/h3-8H,2,16H2,1H3. The number of rotatable bonds is 4. The topological polar surface area (TPSA) is 74.4 Å². The summed E-state index contributed by atoms with van der Waals surface area (Å²) in [6.45, 7) is 2.01. The van der Waals surface area contributed by atoms with E-state index in [2.05, 4.69) is 4.98 Å². The first-order valence-electron chi connectivity index (χ1n) is 5.96. The van der Waals surface area contributed by atoms with E-state index in [0.29, 0.717) is 11.3 Å². The van der Waals surface area contributed by atoms with E-state index in [-0.39, 0.29) is 18.2 Å². The molecule has 0 saturated heterocycles. The lowest BCUT2D eigenvalue weighted by Gasteiger charge is -2.08. The van der Waals surface area contributed by atoms with Crippen LogP contribution in [-0.2, 0) is 4.74 Å². The second-order valence-electron chi connectivity index (χ2n) is 3.89. The molecule has 20 heavy (non-hydrogen) atoms. The van der Waals surface area contributed by atoms with Gasteiger partial charge in [-0.2, -0.15) is 0 Å². The van der Waals surface area contributed by atoms with Gasteiger partial charge in [0, 0.05) is 18.3 Å². The minimum Gasteiger partial charge on any atom is -0.462 e. The molecule has 2 aromatic rings. The lowest BCUT2D eigenvalue weighted by atomic mass is 10.3. The molecule has 0 unspecified atom stereocenters. The SMILES string of the molecule is CCOC(=O)c1ccc(Oc2cc(F)ccc2N)nc1. The predicted molar refractivity (Wildman–Crippen MR) is 71.1 cm³/mol. The fourth-order valence-electron chi connectivity index (χ4n) is 1.49. The molecule has 6 heteroatoms. The molecule has 2 rings (SSSR count). The summed E-state index contributed by atoms with van der Waals surface area (Å²) in [5.74, 6) is -0.550.